The molecule has 0 bridgehead atoms. The second-order valence-electron chi connectivity index (χ2n) is 6.47. The standard InChI is InChI=1S/C20H18ClNO4S/c1-9-7-10(2)16(20(24)25)11(3)14(9)8-15(23)19-13(5-6-27-19)18-17(21)12(4)22-26-18/h5-7H,8H2,1-4H3,(H,24,25). The van der Waals surface area contributed by atoms with Crippen molar-refractivity contribution in [3.63, 3.8) is 0 Å². The van der Waals surface area contributed by atoms with Gasteiger partial charge in [-0.2, -0.15) is 0 Å². The molecule has 0 amide bonds. The van der Waals surface area contributed by atoms with Crippen molar-refractivity contribution in [3.8, 4) is 11.3 Å². The van der Waals surface area contributed by atoms with Crippen molar-refractivity contribution >= 4 is 34.7 Å². The molecule has 3 aromatic rings. The Morgan fingerprint density at radius 3 is 2.52 bits per heavy atom. The summed E-state index contributed by atoms with van der Waals surface area (Å²) in [5.41, 5.74) is 4.37. The monoisotopic (exact) mass is 403 g/mol. The molecule has 140 valence electrons. The molecule has 2 aromatic heterocycles. The molecule has 1 aromatic carbocycles. The Bertz CT molecular complexity index is 1060. The number of Topliss-reactive ketones (excluding diaryl/α,β-unsaturated/α-hetero) is 1. The zero-order valence-corrected chi connectivity index (χ0v) is 16.9. The third-order valence-corrected chi connectivity index (χ3v) is 6.04. The van der Waals surface area contributed by atoms with E-state index in [0.717, 1.165) is 11.1 Å². The van der Waals surface area contributed by atoms with Gasteiger partial charge in [0.25, 0.3) is 0 Å². The van der Waals surface area contributed by atoms with E-state index in [4.69, 9.17) is 16.1 Å². The molecule has 0 aliphatic carbocycles. The Morgan fingerprint density at radius 1 is 1.22 bits per heavy atom. The third-order valence-electron chi connectivity index (χ3n) is 4.64. The van der Waals surface area contributed by atoms with E-state index in [9.17, 15) is 14.7 Å². The molecule has 0 fully saturated rings. The number of hydrogen-bond acceptors (Lipinski definition) is 5. The first kappa shape index (κ1) is 19.3. The molecule has 0 radical (unpaired) electrons. The summed E-state index contributed by atoms with van der Waals surface area (Å²) in [6, 6.07) is 3.59. The number of aryl methyl sites for hydroxylation is 3. The normalized spacial score (nSPS) is 11.0. The largest absolute Gasteiger partial charge is 0.478 e. The average molecular weight is 404 g/mol. The van der Waals surface area contributed by atoms with Gasteiger partial charge in [0.2, 0.25) is 0 Å². The number of carboxylic acid groups (broad SMARTS) is 1. The van der Waals surface area contributed by atoms with Crippen LogP contribution in [0.1, 0.15) is 48.0 Å². The van der Waals surface area contributed by atoms with Gasteiger partial charge in [-0.25, -0.2) is 4.79 Å². The number of hydrogen-bond donors (Lipinski definition) is 1. The van der Waals surface area contributed by atoms with Gasteiger partial charge in [-0.1, -0.05) is 22.8 Å². The molecule has 27 heavy (non-hydrogen) atoms. The van der Waals surface area contributed by atoms with Crippen LogP contribution in [-0.2, 0) is 6.42 Å². The topological polar surface area (TPSA) is 80.4 Å². The lowest BCUT2D eigenvalue weighted by Crippen LogP contribution is -2.11. The summed E-state index contributed by atoms with van der Waals surface area (Å²) in [7, 11) is 0. The summed E-state index contributed by atoms with van der Waals surface area (Å²) in [6.45, 7) is 7.13. The predicted molar refractivity (Wildman–Crippen MR) is 105 cm³/mol. The predicted octanol–water partition coefficient (Wildman–Crippen LogP) is 5.41. The van der Waals surface area contributed by atoms with E-state index in [1.807, 2.05) is 13.0 Å². The minimum Gasteiger partial charge on any atom is -0.478 e. The van der Waals surface area contributed by atoms with Crippen LogP contribution in [0.15, 0.2) is 22.0 Å². The molecule has 2 heterocycles. The number of carboxylic acids is 1. The van der Waals surface area contributed by atoms with Crippen LogP contribution >= 0.6 is 22.9 Å². The third kappa shape index (κ3) is 3.42. The van der Waals surface area contributed by atoms with E-state index < -0.39 is 5.97 Å². The fourth-order valence-electron chi connectivity index (χ4n) is 3.30. The average Bonchev–Trinajstić information content (AvgIpc) is 3.18. The van der Waals surface area contributed by atoms with Crippen molar-refractivity contribution in [1.29, 1.82) is 0 Å². The van der Waals surface area contributed by atoms with Crippen LogP contribution in [0, 0.1) is 27.7 Å². The number of thiophene rings is 1. The summed E-state index contributed by atoms with van der Waals surface area (Å²) < 4.78 is 5.29. The first-order valence-corrected chi connectivity index (χ1v) is 9.54. The first-order chi connectivity index (χ1) is 12.7. The first-order valence-electron chi connectivity index (χ1n) is 8.28. The van der Waals surface area contributed by atoms with E-state index in [-0.39, 0.29) is 17.8 Å². The second-order valence-corrected chi connectivity index (χ2v) is 7.76. The lowest BCUT2D eigenvalue weighted by atomic mass is 9.90. The van der Waals surface area contributed by atoms with E-state index in [1.165, 1.54) is 11.3 Å². The number of carbonyl (C=O) groups excluding carboxylic acids is 1. The zero-order chi connectivity index (χ0) is 19.9. The molecule has 7 heteroatoms. The summed E-state index contributed by atoms with van der Waals surface area (Å²) in [5, 5.41) is 15.5. The maximum absolute atomic E-state index is 13.0. The molecule has 0 spiro atoms. The number of carbonyl (C=O) groups is 2. The fourth-order valence-corrected chi connectivity index (χ4v) is 4.30. The summed E-state index contributed by atoms with van der Waals surface area (Å²) in [5.74, 6) is -0.724. The van der Waals surface area contributed by atoms with Crippen LogP contribution < -0.4 is 0 Å². The molecular formula is C20H18ClNO4S. The Kier molecular flexibility index (Phi) is 5.22. The summed E-state index contributed by atoms with van der Waals surface area (Å²) >= 11 is 7.54. The van der Waals surface area contributed by atoms with Gasteiger partial charge in [-0.15, -0.1) is 11.3 Å². The van der Waals surface area contributed by atoms with E-state index in [2.05, 4.69) is 5.16 Å². The minimum absolute atomic E-state index is 0.108. The van der Waals surface area contributed by atoms with E-state index in [0.29, 0.717) is 38.0 Å². The van der Waals surface area contributed by atoms with Gasteiger partial charge in [0.1, 0.15) is 5.02 Å². The number of halogens is 1. The highest BCUT2D eigenvalue weighted by molar-refractivity contribution is 7.12. The highest BCUT2D eigenvalue weighted by atomic mass is 35.5. The van der Waals surface area contributed by atoms with Crippen LogP contribution in [0.3, 0.4) is 0 Å². The quantitative estimate of drug-likeness (QED) is 0.576. The maximum Gasteiger partial charge on any atom is 0.336 e. The molecule has 0 atom stereocenters. The molecule has 1 N–H and O–H groups in total. The van der Waals surface area contributed by atoms with Crippen LogP contribution in [0.5, 0.6) is 0 Å². The molecule has 5 nitrogen and oxygen atoms in total. The Hall–Kier alpha value is -2.44. The minimum atomic E-state index is -0.987. The molecule has 3 rings (SSSR count). The van der Waals surface area contributed by atoms with Gasteiger partial charge in [0.15, 0.2) is 11.5 Å². The van der Waals surface area contributed by atoms with Crippen molar-refractivity contribution in [3.05, 3.63) is 60.9 Å². The fraction of sp³-hybridized carbons (Fsp3) is 0.250. The number of benzene rings is 1. The van der Waals surface area contributed by atoms with Crippen molar-refractivity contribution in [2.45, 2.75) is 34.1 Å². The van der Waals surface area contributed by atoms with Gasteiger partial charge in [-0.05, 0) is 61.4 Å². The molecule has 0 aliphatic heterocycles. The molecule has 0 saturated carbocycles. The lowest BCUT2D eigenvalue weighted by molar-refractivity contribution is 0.0694. The van der Waals surface area contributed by atoms with Crippen molar-refractivity contribution < 1.29 is 19.2 Å². The van der Waals surface area contributed by atoms with Crippen molar-refractivity contribution in [2.24, 2.45) is 0 Å². The van der Waals surface area contributed by atoms with E-state index >= 15 is 0 Å². The van der Waals surface area contributed by atoms with Gasteiger partial charge in [0, 0.05) is 12.0 Å². The van der Waals surface area contributed by atoms with Gasteiger partial charge in [-0.3, -0.25) is 4.79 Å². The molecular weight excluding hydrogens is 386 g/mol. The second kappa shape index (κ2) is 7.29. The zero-order valence-electron chi connectivity index (χ0n) is 15.3. The smallest absolute Gasteiger partial charge is 0.336 e. The van der Waals surface area contributed by atoms with Crippen LogP contribution in [-0.4, -0.2) is 22.0 Å². The number of nitrogens with zero attached hydrogens (tertiary/aromatic N) is 1. The Morgan fingerprint density at radius 2 is 1.93 bits per heavy atom. The van der Waals surface area contributed by atoms with Crippen molar-refractivity contribution in [1.82, 2.24) is 5.16 Å². The SMILES string of the molecule is Cc1cc(C)c(C(=O)O)c(C)c1CC(=O)c1sccc1-c1onc(C)c1Cl. The van der Waals surface area contributed by atoms with Crippen LogP contribution in [0.4, 0.5) is 0 Å². The van der Waals surface area contributed by atoms with Gasteiger partial charge < -0.3 is 9.63 Å². The Balaban J connectivity index is 2.01. The van der Waals surface area contributed by atoms with Crippen LogP contribution in [0.2, 0.25) is 5.02 Å². The molecule has 0 aliphatic rings. The molecule has 0 unspecified atom stereocenters. The number of ketones is 1. The van der Waals surface area contributed by atoms with Gasteiger partial charge in [0.05, 0.1) is 16.1 Å². The lowest BCUT2D eigenvalue weighted by Gasteiger charge is -2.14. The number of rotatable bonds is 5. The summed E-state index contributed by atoms with van der Waals surface area (Å²) in [4.78, 5) is 25.1. The van der Waals surface area contributed by atoms with Gasteiger partial charge >= 0.3 is 5.97 Å². The maximum atomic E-state index is 13.0. The number of aromatic nitrogens is 1. The van der Waals surface area contributed by atoms with Crippen LogP contribution in [0.25, 0.3) is 11.3 Å². The highest BCUT2D eigenvalue weighted by Crippen LogP contribution is 2.36. The number of aromatic carboxylic acids is 1. The summed E-state index contributed by atoms with van der Waals surface area (Å²) in [6.07, 6.45) is 0.108. The van der Waals surface area contributed by atoms with E-state index in [1.54, 1.807) is 32.2 Å². The molecule has 0 saturated heterocycles. The van der Waals surface area contributed by atoms with Crippen molar-refractivity contribution in [2.75, 3.05) is 0 Å². The Labute approximate surface area is 165 Å². The highest BCUT2D eigenvalue weighted by Gasteiger charge is 2.24.